The number of rotatable bonds is 7. The number of hydrogen-bond acceptors (Lipinski definition) is 2. The summed E-state index contributed by atoms with van der Waals surface area (Å²) in [5.74, 6) is 2.04. The smallest absolute Gasteiger partial charge is 0.304 e. The Morgan fingerprint density at radius 3 is 2.18 bits per heavy atom. The second-order valence-electron chi connectivity index (χ2n) is 17.8. The first-order chi connectivity index (χ1) is 26.8. The van der Waals surface area contributed by atoms with Gasteiger partial charge >= 0.3 is 5.82 Å². The Kier molecular flexibility index (Phi) is 9.95. The summed E-state index contributed by atoms with van der Waals surface area (Å²) in [6, 6.07) is 40.5. The lowest BCUT2D eigenvalue weighted by Gasteiger charge is -2.36. The molecule has 286 valence electrons. The average Bonchev–Trinajstić information content (AvgIpc) is 3.72. The van der Waals surface area contributed by atoms with Gasteiger partial charge in [-0.3, -0.25) is 0 Å². The van der Waals surface area contributed by atoms with Crippen molar-refractivity contribution in [2.45, 2.75) is 97.3 Å². The molecule has 2 aromatic heterocycles. The van der Waals surface area contributed by atoms with Crippen molar-refractivity contribution in [2.24, 2.45) is 0 Å². The second-order valence-corrected chi connectivity index (χ2v) is 23.1. The highest BCUT2D eigenvalue weighted by molar-refractivity contribution is 6.82. The van der Waals surface area contributed by atoms with Crippen LogP contribution in [0.25, 0.3) is 55.7 Å². The van der Waals surface area contributed by atoms with Crippen LogP contribution < -0.4 is 4.57 Å². The van der Waals surface area contributed by atoms with Gasteiger partial charge in [0.05, 0.1) is 8.07 Å². The molecule has 5 aromatic carbocycles. The van der Waals surface area contributed by atoms with Crippen molar-refractivity contribution in [1.82, 2.24) is 9.47 Å². The van der Waals surface area contributed by atoms with Crippen molar-refractivity contribution in [2.75, 3.05) is 7.05 Å². The van der Waals surface area contributed by atoms with Gasteiger partial charge in [-0.1, -0.05) is 150 Å². The first-order valence-electron chi connectivity index (χ1n) is 20.6. The Balaban J connectivity index is 1.51. The molecule has 4 nitrogen and oxygen atoms in total. The number of likely N-dealkylation sites (N-methyl/N-ethyl adjacent to an activating group) is 1. The van der Waals surface area contributed by atoms with Crippen LogP contribution in [0.4, 0.5) is 0 Å². The van der Waals surface area contributed by atoms with E-state index < -0.39 is 8.07 Å². The zero-order chi connectivity index (χ0) is 39.5. The average molecular weight is 757 g/mol. The molecular weight excluding hydrogens is 699 g/mol. The van der Waals surface area contributed by atoms with Gasteiger partial charge in [-0.25, -0.2) is 0 Å². The number of hydrogen-bond donors (Lipinski definition) is 0. The number of nitrogens with zero attached hydrogens (tertiary/aromatic N) is 3. The molecule has 56 heavy (non-hydrogen) atoms. The van der Waals surface area contributed by atoms with E-state index in [-0.39, 0.29) is 12.0 Å². The lowest BCUT2D eigenvalue weighted by Crippen LogP contribution is -2.38. The van der Waals surface area contributed by atoms with Gasteiger partial charge in [-0.05, 0) is 67.1 Å². The highest BCUT2D eigenvalue weighted by Crippen LogP contribution is 2.44. The van der Waals surface area contributed by atoms with Crippen LogP contribution in [0.2, 0.25) is 19.6 Å². The van der Waals surface area contributed by atoms with Crippen molar-refractivity contribution in [3.63, 3.8) is 0 Å². The van der Waals surface area contributed by atoms with Crippen molar-refractivity contribution in [3.8, 4) is 17.1 Å². The largest absolute Gasteiger partial charge is 0.455 e. The molecule has 0 saturated carbocycles. The Morgan fingerprint density at radius 1 is 0.821 bits per heavy atom. The zero-order valence-corrected chi connectivity index (χ0v) is 35.9. The number of benzene rings is 5. The molecule has 2 atom stereocenters. The molecule has 1 aliphatic heterocycles. The fraction of sp³-hybridized carbons (Fsp3) is 0.314. The summed E-state index contributed by atoms with van der Waals surface area (Å²) in [5, 5.41) is 3.80. The molecule has 0 bridgehead atoms. The van der Waals surface area contributed by atoms with Gasteiger partial charge in [0.2, 0.25) is 0 Å². The van der Waals surface area contributed by atoms with Crippen LogP contribution in [0.1, 0.15) is 87.5 Å². The maximum atomic E-state index is 7.03. The van der Waals surface area contributed by atoms with Crippen LogP contribution in [-0.4, -0.2) is 30.6 Å². The monoisotopic (exact) mass is 756 g/mol. The molecule has 5 heteroatoms. The number of furan rings is 1. The van der Waals surface area contributed by atoms with Crippen LogP contribution in [0.5, 0.6) is 0 Å². The van der Waals surface area contributed by atoms with Crippen LogP contribution in [-0.2, 0) is 6.42 Å². The normalized spacial score (nSPS) is 16.9. The minimum atomic E-state index is -1.51. The van der Waals surface area contributed by atoms with Crippen molar-refractivity contribution < 1.29 is 8.98 Å². The Hall–Kier alpha value is -5.13. The SMILES string of the molecule is C=C1CC(N(C)/C=C(\C)[Si](C)(C)C)C(c2ccccc2)CCc2ccc3c(oc4ccccc43)c2-c2n1c1ccccc1[n+]2-c1c(C(C)C)cccc1C(C)C. The maximum Gasteiger partial charge on any atom is 0.304 e. The zero-order valence-electron chi connectivity index (χ0n) is 34.9. The second kappa shape index (κ2) is 14.7. The van der Waals surface area contributed by atoms with Gasteiger partial charge in [-0.2, -0.15) is 9.13 Å². The standard InChI is InChI=1S/C51H58N3OSi/c1-33(2)39-22-18-23-40(34(3)4)49(39)54-45-25-16-15-24-44(45)53-35(5)31-46(52(7)32-36(6)56(8,9)10)41(37-19-12-11-13-20-37)29-27-38-28-30-43-42-21-14-17-26-47(42)55-50(43)48(38)51(53)54/h11-26,28,30,32-34,41,46H,5,27,29,31H2,1-4,6-10H3/q+1/b36-32+. The van der Waals surface area contributed by atoms with Crippen LogP contribution in [0.3, 0.4) is 0 Å². The molecule has 2 unspecified atom stereocenters. The third-order valence-corrected chi connectivity index (χ3v) is 15.0. The fourth-order valence-corrected chi connectivity index (χ4v) is 9.67. The Morgan fingerprint density at radius 2 is 1.48 bits per heavy atom. The van der Waals surface area contributed by atoms with E-state index in [1.54, 1.807) is 0 Å². The minimum Gasteiger partial charge on any atom is -0.455 e. The molecule has 1 aliphatic rings. The van der Waals surface area contributed by atoms with Gasteiger partial charge in [0.25, 0.3) is 0 Å². The number of allylic oxidation sites excluding steroid dienone is 1. The van der Waals surface area contributed by atoms with E-state index in [1.807, 2.05) is 0 Å². The van der Waals surface area contributed by atoms with Gasteiger partial charge < -0.3 is 9.32 Å². The summed E-state index contributed by atoms with van der Waals surface area (Å²) in [6.45, 7) is 24.0. The minimum absolute atomic E-state index is 0.185. The number of aromatic nitrogens is 2. The molecule has 0 fully saturated rings. The summed E-state index contributed by atoms with van der Waals surface area (Å²) < 4.78 is 12.1. The van der Waals surface area contributed by atoms with E-state index in [0.29, 0.717) is 11.8 Å². The van der Waals surface area contributed by atoms with Gasteiger partial charge in [0.15, 0.2) is 16.6 Å². The number of imidazole rings is 1. The topological polar surface area (TPSA) is 25.2 Å². The lowest BCUT2D eigenvalue weighted by molar-refractivity contribution is -0.556. The summed E-state index contributed by atoms with van der Waals surface area (Å²) in [4.78, 5) is 2.53. The molecule has 0 amide bonds. The quantitative estimate of drug-likeness (QED) is 0.120. The highest BCUT2D eigenvalue weighted by Gasteiger charge is 2.39. The first kappa shape index (κ1) is 37.8. The van der Waals surface area contributed by atoms with Crippen molar-refractivity contribution in [3.05, 3.63) is 149 Å². The maximum absolute atomic E-state index is 7.03. The molecule has 3 heterocycles. The van der Waals surface area contributed by atoms with Crippen molar-refractivity contribution >= 4 is 46.7 Å². The summed E-state index contributed by atoms with van der Waals surface area (Å²) in [5.41, 5.74) is 13.1. The van der Waals surface area contributed by atoms with E-state index >= 15 is 0 Å². The van der Waals surface area contributed by atoms with Crippen molar-refractivity contribution in [1.29, 1.82) is 0 Å². The Bertz CT molecular complexity index is 2590. The Labute approximate surface area is 334 Å². The van der Waals surface area contributed by atoms with E-state index in [0.717, 1.165) is 63.8 Å². The van der Waals surface area contributed by atoms with E-state index in [9.17, 15) is 0 Å². The molecule has 0 N–H and O–H groups in total. The molecule has 8 rings (SSSR count). The van der Waals surface area contributed by atoms with Crippen LogP contribution in [0, 0.1) is 0 Å². The van der Waals surface area contributed by atoms with E-state index in [4.69, 9.17) is 11.0 Å². The predicted molar refractivity (Wildman–Crippen MR) is 240 cm³/mol. The summed E-state index contributed by atoms with van der Waals surface area (Å²) in [6.07, 6.45) is 5.15. The van der Waals surface area contributed by atoms with Crippen LogP contribution >= 0.6 is 0 Å². The molecule has 0 radical (unpaired) electrons. The van der Waals surface area contributed by atoms with Gasteiger partial charge in [0.1, 0.15) is 22.5 Å². The van der Waals surface area contributed by atoms with E-state index in [1.165, 1.54) is 38.7 Å². The van der Waals surface area contributed by atoms with Gasteiger partial charge in [0, 0.05) is 47.3 Å². The molecule has 0 saturated heterocycles. The molecular formula is C51H58N3OSi+. The van der Waals surface area contributed by atoms with Crippen LogP contribution in [0.15, 0.2) is 132 Å². The fourth-order valence-electron chi connectivity index (χ4n) is 9.08. The number of aryl methyl sites for hydroxylation is 1. The summed E-state index contributed by atoms with van der Waals surface area (Å²) in [7, 11) is 0.790. The molecule has 7 aromatic rings. The number of para-hydroxylation sites is 4. The molecule has 0 aliphatic carbocycles. The third-order valence-electron chi connectivity index (χ3n) is 12.5. The molecule has 0 spiro atoms. The first-order valence-corrected chi connectivity index (χ1v) is 24.1. The lowest BCUT2D eigenvalue weighted by atomic mass is 9.82. The summed E-state index contributed by atoms with van der Waals surface area (Å²) >= 11 is 0. The number of fused-ring (bicyclic) bond motifs is 9. The van der Waals surface area contributed by atoms with Gasteiger partial charge in [-0.15, -0.1) is 0 Å². The third kappa shape index (κ3) is 6.54. The highest BCUT2D eigenvalue weighted by atomic mass is 28.3. The predicted octanol–water partition coefficient (Wildman–Crippen LogP) is 13.4. The van der Waals surface area contributed by atoms with E-state index in [2.05, 4.69) is 191 Å².